The predicted molar refractivity (Wildman–Crippen MR) is 130 cm³/mol. The van der Waals surface area contributed by atoms with Crippen LogP contribution in [0.2, 0.25) is 0 Å². The summed E-state index contributed by atoms with van der Waals surface area (Å²) in [6, 6.07) is 10.8. The van der Waals surface area contributed by atoms with Gasteiger partial charge in [0.05, 0.1) is 42.8 Å². The van der Waals surface area contributed by atoms with Crippen LogP contribution in [0.4, 0.5) is 5.13 Å². The van der Waals surface area contributed by atoms with Gasteiger partial charge in [-0.2, -0.15) is 5.10 Å². The molecule has 0 spiro atoms. The van der Waals surface area contributed by atoms with Crippen molar-refractivity contribution in [1.29, 1.82) is 0 Å². The molecule has 34 heavy (non-hydrogen) atoms. The number of fused-ring (bicyclic) bond motifs is 1. The molecule has 0 saturated carbocycles. The van der Waals surface area contributed by atoms with E-state index in [0.29, 0.717) is 56.1 Å². The summed E-state index contributed by atoms with van der Waals surface area (Å²) < 4.78 is 17.9. The fraction of sp³-hybridized carbons (Fsp3) is 0.167. The van der Waals surface area contributed by atoms with Gasteiger partial charge < -0.3 is 13.9 Å². The molecule has 0 fully saturated rings. The van der Waals surface area contributed by atoms with Crippen LogP contribution in [-0.2, 0) is 7.05 Å². The highest BCUT2D eigenvalue weighted by molar-refractivity contribution is 7.14. The summed E-state index contributed by atoms with van der Waals surface area (Å²) in [5.74, 6) is 1.58. The number of aryl methyl sites for hydroxylation is 2. The Labute approximate surface area is 199 Å². The fourth-order valence-corrected chi connectivity index (χ4v) is 4.51. The standard InChI is InChI=1S/C24H21N5O4S/c1-13-21-16(11-17(19-6-5-9-33-19)25-22(21)29(2)28-13)23(30)27-24-26-18(12-34-24)15-8-7-14(31-3)10-20(15)32-4/h5-12H,1-4H3,(H,26,27,30). The molecule has 5 aromatic rings. The molecule has 10 heteroatoms. The van der Waals surface area contributed by atoms with Gasteiger partial charge in [0.2, 0.25) is 0 Å². The van der Waals surface area contributed by atoms with Crippen molar-refractivity contribution in [3.05, 3.63) is 59.3 Å². The monoisotopic (exact) mass is 475 g/mol. The number of pyridine rings is 1. The van der Waals surface area contributed by atoms with Gasteiger partial charge in [0.1, 0.15) is 17.2 Å². The van der Waals surface area contributed by atoms with Crippen LogP contribution in [0.1, 0.15) is 16.1 Å². The zero-order valence-corrected chi connectivity index (χ0v) is 19.8. The van der Waals surface area contributed by atoms with Gasteiger partial charge >= 0.3 is 0 Å². The SMILES string of the molecule is COc1ccc(-c2csc(NC(=O)c3cc(-c4ccco4)nc4c3c(C)nn4C)n2)c(OC)c1. The molecule has 5 rings (SSSR count). The summed E-state index contributed by atoms with van der Waals surface area (Å²) in [5, 5.41) is 10.4. The van der Waals surface area contributed by atoms with Crippen molar-refractivity contribution in [2.45, 2.75) is 6.92 Å². The van der Waals surface area contributed by atoms with E-state index in [-0.39, 0.29) is 5.91 Å². The third-order valence-corrected chi connectivity index (χ3v) is 6.15. The number of benzene rings is 1. The van der Waals surface area contributed by atoms with Gasteiger partial charge in [-0.1, -0.05) is 0 Å². The number of anilines is 1. The largest absolute Gasteiger partial charge is 0.497 e. The Morgan fingerprint density at radius 3 is 2.71 bits per heavy atom. The van der Waals surface area contributed by atoms with Crippen molar-refractivity contribution < 1.29 is 18.7 Å². The van der Waals surface area contributed by atoms with Gasteiger partial charge in [0.15, 0.2) is 16.5 Å². The summed E-state index contributed by atoms with van der Waals surface area (Å²) in [6.45, 7) is 1.85. The molecule has 0 unspecified atom stereocenters. The van der Waals surface area contributed by atoms with Crippen LogP contribution < -0.4 is 14.8 Å². The van der Waals surface area contributed by atoms with Crippen molar-refractivity contribution in [3.8, 4) is 34.2 Å². The maximum atomic E-state index is 13.4. The number of furan rings is 1. The van der Waals surface area contributed by atoms with E-state index in [9.17, 15) is 4.79 Å². The third-order valence-electron chi connectivity index (χ3n) is 5.40. The average Bonchev–Trinajstić information content (AvgIpc) is 3.60. The van der Waals surface area contributed by atoms with E-state index < -0.39 is 0 Å². The molecule has 4 heterocycles. The number of nitrogens with one attached hydrogen (secondary N) is 1. The van der Waals surface area contributed by atoms with Crippen molar-refractivity contribution in [2.75, 3.05) is 19.5 Å². The minimum atomic E-state index is -0.307. The molecule has 172 valence electrons. The lowest BCUT2D eigenvalue weighted by Gasteiger charge is -2.08. The van der Waals surface area contributed by atoms with Crippen LogP contribution in [0.25, 0.3) is 33.7 Å². The van der Waals surface area contributed by atoms with Crippen LogP contribution in [-0.4, -0.2) is 39.9 Å². The Bertz CT molecular complexity index is 1500. The molecular formula is C24H21N5O4S. The number of carbonyl (C=O) groups is 1. The normalized spacial score (nSPS) is 11.1. The lowest BCUT2D eigenvalue weighted by molar-refractivity contribution is 0.102. The lowest BCUT2D eigenvalue weighted by atomic mass is 10.1. The van der Waals surface area contributed by atoms with Gasteiger partial charge in [0.25, 0.3) is 5.91 Å². The van der Waals surface area contributed by atoms with E-state index in [1.54, 1.807) is 56.5 Å². The number of thiazole rings is 1. The third kappa shape index (κ3) is 3.77. The maximum absolute atomic E-state index is 13.4. The summed E-state index contributed by atoms with van der Waals surface area (Å²) >= 11 is 1.33. The number of rotatable bonds is 6. The Hall–Kier alpha value is -4.18. The van der Waals surface area contributed by atoms with Gasteiger partial charge in [-0.15, -0.1) is 11.3 Å². The molecule has 0 atom stereocenters. The Morgan fingerprint density at radius 2 is 1.97 bits per heavy atom. The van der Waals surface area contributed by atoms with Crippen LogP contribution >= 0.6 is 11.3 Å². The van der Waals surface area contributed by atoms with Crippen molar-refractivity contribution in [3.63, 3.8) is 0 Å². The lowest BCUT2D eigenvalue weighted by Crippen LogP contribution is -2.13. The molecule has 1 aromatic carbocycles. The number of hydrogen-bond acceptors (Lipinski definition) is 8. The van der Waals surface area contributed by atoms with Gasteiger partial charge in [0, 0.05) is 24.1 Å². The second kappa shape index (κ2) is 8.64. The highest BCUT2D eigenvalue weighted by Gasteiger charge is 2.21. The molecule has 0 saturated heterocycles. The van der Waals surface area contributed by atoms with E-state index in [0.717, 1.165) is 5.56 Å². The fourth-order valence-electron chi connectivity index (χ4n) is 3.80. The summed E-state index contributed by atoms with van der Waals surface area (Å²) in [4.78, 5) is 22.6. The molecule has 1 N–H and O–H groups in total. The van der Waals surface area contributed by atoms with E-state index in [1.807, 2.05) is 24.4 Å². The number of hydrogen-bond donors (Lipinski definition) is 1. The van der Waals surface area contributed by atoms with E-state index >= 15 is 0 Å². The number of carbonyl (C=O) groups excluding carboxylic acids is 1. The molecule has 0 radical (unpaired) electrons. The molecule has 9 nitrogen and oxygen atoms in total. The molecule has 0 aliphatic heterocycles. The summed E-state index contributed by atoms with van der Waals surface area (Å²) in [5.41, 5.74) is 3.79. The first-order chi connectivity index (χ1) is 16.5. The molecule has 1 amide bonds. The number of nitrogens with zero attached hydrogens (tertiary/aromatic N) is 4. The second-order valence-electron chi connectivity index (χ2n) is 7.50. The summed E-state index contributed by atoms with van der Waals surface area (Å²) in [7, 11) is 4.99. The van der Waals surface area contributed by atoms with E-state index in [2.05, 4.69) is 20.4 Å². The molecule has 4 aromatic heterocycles. The minimum absolute atomic E-state index is 0.307. The van der Waals surface area contributed by atoms with Crippen molar-refractivity contribution in [1.82, 2.24) is 19.7 Å². The molecule has 0 aliphatic rings. The van der Waals surface area contributed by atoms with Gasteiger partial charge in [-0.05, 0) is 37.3 Å². The number of aromatic nitrogens is 4. The van der Waals surface area contributed by atoms with Crippen LogP contribution in [0.5, 0.6) is 11.5 Å². The van der Waals surface area contributed by atoms with E-state index in [4.69, 9.17) is 13.9 Å². The highest BCUT2D eigenvalue weighted by atomic mass is 32.1. The molecule has 0 bridgehead atoms. The highest BCUT2D eigenvalue weighted by Crippen LogP contribution is 2.35. The number of ether oxygens (including phenoxy) is 2. The van der Waals surface area contributed by atoms with Gasteiger partial charge in [-0.25, -0.2) is 9.97 Å². The maximum Gasteiger partial charge on any atom is 0.258 e. The Kier molecular flexibility index (Phi) is 5.50. The predicted octanol–water partition coefficient (Wildman–Crippen LogP) is 4.93. The van der Waals surface area contributed by atoms with Gasteiger partial charge in [-0.3, -0.25) is 14.8 Å². The average molecular weight is 476 g/mol. The Morgan fingerprint density at radius 1 is 1.12 bits per heavy atom. The summed E-state index contributed by atoms with van der Waals surface area (Å²) in [6.07, 6.45) is 1.57. The number of methoxy groups -OCH3 is 2. The zero-order valence-electron chi connectivity index (χ0n) is 18.9. The molecular weight excluding hydrogens is 454 g/mol. The topological polar surface area (TPSA) is 104 Å². The quantitative estimate of drug-likeness (QED) is 0.371. The van der Waals surface area contributed by atoms with Crippen LogP contribution in [0.15, 0.2) is 52.5 Å². The minimum Gasteiger partial charge on any atom is -0.497 e. The zero-order chi connectivity index (χ0) is 23.8. The Balaban J connectivity index is 1.50. The van der Waals surface area contributed by atoms with Crippen LogP contribution in [0, 0.1) is 6.92 Å². The second-order valence-corrected chi connectivity index (χ2v) is 8.36. The smallest absolute Gasteiger partial charge is 0.258 e. The first-order valence-electron chi connectivity index (χ1n) is 10.4. The van der Waals surface area contributed by atoms with E-state index in [1.165, 1.54) is 11.3 Å². The molecule has 0 aliphatic carbocycles. The van der Waals surface area contributed by atoms with Crippen molar-refractivity contribution in [2.24, 2.45) is 7.05 Å². The first kappa shape index (κ1) is 21.7. The first-order valence-corrected chi connectivity index (χ1v) is 11.2. The number of amides is 1. The van der Waals surface area contributed by atoms with Crippen LogP contribution in [0.3, 0.4) is 0 Å². The van der Waals surface area contributed by atoms with Crippen molar-refractivity contribution >= 4 is 33.4 Å².